The first kappa shape index (κ1) is 14.2. The third-order valence-corrected chi connectivity index (χ3v) is 4.75. The van der Waals surface area contributed by atoms with Gasteiger partial charge in [0.2, 0.25) is 0 Å². The van der Waals surface area contributed by atoms with Gasteiger partial charge >= 0.3 is 0 Å². The molecule has 0 saturated heterocycles. The van der Waals surface area contributed by atoms with Gasteiger partial charge in [-0.25, -0.2) is 0 Å². The number of benzene rings is 1. The summed E-state index contributed by atoms with van der Waals surface area (Å²) in [4.78, 5) is 14.4. The van der Waals surface area contributed by atoms with Gasteiger partial charge in [0.15, 0.2) is 0 Å². The summed E-state index contributed by atoms with van der Waals surface area (Å²) >= 11 is 15.3. The molecule has 0 spiro atoms. The molecule has 1 aromatic carbocycles. The fourth-order valence-corrected chi connectivity index (χ4v) is 2.82. The minimum Gasteiger partial charge on any atom is -0.334 e. The van der Waals surface area contributed by atoms with Crippen LogP contribution in [-0.2, 0) is 0 Å². The van der Waals surface area contributed by atoms with Gasteiger partial charge < -0.3 is 4.90 Å². The van der Waals surface area contributed by atoms with Crippen LogP contribution in [0.4, 0.5) is 0 Å². The van der Waals surface area contributed by atoms with E-state index in [0.717, 1.165) is 17.3 Å². The number of nitrogens with zero attached hydrogens (tertiary/aromatic N) is 1. The number of alkyl halides is 1. The van der Waals surface area contributed by atoms with E-state index in [0.29, 0.717) is 29.1 Å². The molecule has 1 saturated carbocycles. The summed E-state index contributed by atoms with van der Waals surface area (Å²) < 4.78 is 0.745. The Bertz CT molecular complexity index is 449. The van der Waals surface area contributed by atoms with Crippen LogP contribution in [-0.4, -0.2) is 29.3 Å². The van der Waals surface area contributed by atoms with Crippen molar-refractivity contribution in [2.45, 2.75) is 25.3 Å². The molecule has 98 valence electrons. The lowest BCUT2D eigenvalue weighted by atomic mass is 9.91. The van der Waals surface area contributed by atoms with Crippen LogP contribution in [0.25, 0.3) is 0 Å². The predicted octanol–water partition coefficient (Wildman–Crippen LogP) is 4.34. The van der Waals surface area contributed by atoms with Crippen molar-refractivity contribution >= 4 is 45.0 Å². The molecule has 2 rings (SSSR count). The second-order valence-corrected chi connectivity index (χ2v) is 5.98. The summed E-state index contributed by atoms with van der Waals surface area (Å²) in [5.74, 6) is 0.431. The predicted molar refractivity (Wildman–Crippen MR) is 78.5 cm³/mol. The molecule has 0 N–H and O–H groups in total. The fraction of sp³-hybridized carbons (Fsp3) is 0.462. The van der Waals surface area contributed by atoms with Gasteiger partial charge in [-0.1, -0.05) is 17.7 Å². The number of carbonyl (C=O) groups excluding carboxylic acids is 1. The van der Waals surface area contributed by atoms with Crippen LogP contribution in [0.2, 0.25) is 5.02 Å². The Labute approximate surface area is 125 Å². The van der Waals surface area contributed by atoms with Crippen LogP contribution in [0.5, 0.6) is 0 Å². The highest BCUT2D eigenvalue weighted by molar-refractivity contribution is 9.10. The maximum absolute atomic E-state index is 12.5. The number of hydrogen-bond acceptors (Lipinski definition) is 1. The number of carbonyl (C=O) groups is 1. The lowest BCUT2D eigenvalue weighted by Crippen LogP contribution is -2.45. The van der Waals surface area contributed by atoms with Crippen molar-refractivity contribution in [3.05, 3.63) is 33.3 Å². The smallest absolute Gasteiger partial charge is 0.255 e. The first-order valence-corrected chi connectivity index (χ1v) is 7.66. The van der Waals surface area contributed by atoms with E-state index in [1.807, 2.05) is 17.0 Å². The molecule has 0 atom stereocenters. The molecule has 0 bridgehead atoms. The van der Waals surface area contributed by atoms with E-state index in [4.69, 9.17) is 23.2 Å². The second kappa shape index (κ2) is 6.27. The number of amides is 1. The van der Waals surface area contributed by atoms with E-state index < -0.39 is 0 Å². The Morgan fingerprint density at radius 2 is 2.17 bits per heavy atom. The van der Waals surface area contributed by atoms with E-state index in [1.54, 1.807) is 6.07 Å². The third kappa shape index (κ3) is 2.84. The largest absolute Gasteiger partial charge is 0.334 e. The van der Waals surface area contributed by atoms with Crippen LogP contribution in [0.3, 0.4) is 0 Å². The highest BCUT2D eigenvalue weighted by Gasteiger charge is 2.30. The Kier molecular flexibility index (Phi) is 4.93. The molecule has 5 heteroatoms. The quantitative estimate of drug-likeness (QED) is 0.740. The molecular formula is C13H14BrCl2NO. The van der Waals surface area contributed by atoms with Crippen molar-refractivity contribution < 1.29 is 4.79 Å². The standard InChI is InChI=1S/C13H14BrCl2NO/c14-11-6-2-5-10(12(11)16)13(18)17(8-7-15)9-3-1-4-9/h2,5-6,9H,1,3-4,7-8H2. The summed E-state index contributed by atoms with van der Waals surface area (Å²) in [6, 6.07) is 5.73. The average Bonchev–Trinajstić information content (AvgIpc) is 2.29. The molecule has 18 heavy (non-hydrogen) atoms. The topological polar surface area (TPSA) is 20.3 Å². The highest BCUT2D eigenvalue weighted by Crippen LogP contribution is 2.30. The van der Waals surface area contributed by atoms with E-state index in [1.165, 1.54) is 6.42 Å². The lowest BCUT2D eigenvalue weighted by molar-refractivity contribution is 0.0598. The van der Waals surface area contributed by atoms with Crippen molar-refractivity contribution in [2.24, 2.45) is 0 Å². The summed E-state index contributed by atoms with van der Waals surface area (Å²) in [6.07, 6.45) is 3.31. The summed E-state index contributed by atoms with van der Waals surface area (Å²) in [7, 11) is 0. The molecule has 2 nitrogen and oxygen atoms in total. The van der Waals surface area contributed by atoms with Crippen molar-refractivity contribution in [1.82, 2.24) is 4.90 Å². The van der Waals surface area contributed by atoms with Gasteiger partial charge in [0.05, 0.1) is 10.6 Å². The van der Waals surface area contributed by atoms with Crippen molar-refractivity contribution in [3.63, 3.8) is 0 Å². The van der Waals surface area contributed by atoms with Crippen LogP contribution in [0, 0.1) is 0 Å². The van der Waals surface area contributed by atoms with Crippen molar-refractivity contribution in [1.29, 1.82) is 0 Å². The Hall–Kier alpha value is -0.250. The molecule has 1 amide bonds. The third-order valence-electron chi connectivity index (χ3n) is 3.28. The van der Waals surface area contributed by atoms with Crippen LogP contribution < -0.4 is 0 Å². The van der Waals surface area contributed by atoms with Gasteiger partial charge in [-0.05, 0) is 47.3 Å². The van der Waals surface area contributed by atoms with Crippen molar-refractivity contribution in [3.8, 4) is 0 Å². The van der Waals surface area contributed by atoms with Gasteiger partial charge in [0, 0.05) is 22.9 Å². The van der Waals surface area contributed by atoms with E-state index >= 15 is 0 Å². The van der Waals surface area contributed by atoms with Gasteiger partial charge in [-0.3, -0.25) is 4.79 Å². The number of halogens is 3. The van der Waals surface area contributed by atoms with E-state index in [2.05, 4.69) is 15.9 Å². The average molecular weight is 351 g/mol. The van der Waals surface area contributed by atoms with Gasteiger partial charge in [0.25, 0.3) is 5.91 Å². The zero-order valence-corrected chi connectivity index (χ0v) is 12.9. The zero-order chi connectivity index (χ0) is 13.1. The first-order chi connectivity index (χ1) is 8.65. The molecule has 0 aromatic heterocycles. The number of rotatable bonds is 4. The molecule has 0 heterocycles. The van der Waals surface area contributed by atoms with E-state index in [-0.39, 0.29) is 5.91 Å². The zero-order valence-electron chi connectivity index (χ0n) is 9.83. The van der Waals surface area contributed by atoms with E-state index in [9.17, 15) is 4.79 Å². The van der Waals surface area contributed by atoms with Crippen LogP contribution in [0.15, 0.2) is 22.7 Å². The first-order valence-electron chi connectivity index (χ1n) is 5.96. The van der Waals surface area contributed by atoms with Crippen LogP contribution in [0.1, 0.15) is 29.6 Å². The highest BCUT2D eigenvalue weighted by atomic mass is 79.9. The van der Waals surface area contributed by atoms with Crippen molar-refractivity contribution in [2.75, 3.05) is 12.4 Å². The summed E-state index contributed by atoms with van der Waals surface area (Å²) in [5.41, 5.74) is 0.544. The lowest BCUT2D eigenvalue weighted by Gasteiger charge is -2.37. The summed E-state index contributed by atoms with van der Waals surface area (Å²) in [5, 5.41) is 0.474. The molecule has 0 unspecified atom stereocenters. The van der Waals surface area contributed by atoms with Gasteiger partial charge in [-0.15, -0.1) is 11.6 Å². The fourth-order valence-electron chi connectivity index (χ4n) is 2.06. The maximum atomic E-state index is 12.5. The minimum absolute atomic E-state index is 0.0216. The molecule has 0 radical (unpaired) electrons. The molecule has 1 aliphatic carbocycles. The molecule has 1 aliphatic rings. The van der Waals surface area contributed by atoms with Crippen LogP contribution >= 0.6 is 39.1 Å². The molecule has 1 aromatic rings. The normalized spacial score (nSPS) is 15.3. The summed E-state index contributed by atoms with van der Waals surface area (Å²) in [6.45, 7) is 0.577. The molecular weight excluding hydrogens is 337 g/mol. The molecule has 0 aliphatic heterocycles. The maximum Gasteiger partial charge on any atom is 0.255 e. The number of hydrogen-bond donors (Lipinski definition) is 0. The monoisotopic (exact) mass is 349 g/mol. The Morgan fingerprint density at radius 3 is 2.72 bits per heavy atom. The van der Waals surface area contributed by atoms with Gasteiger partial charge in [-0.2, -0.15) is 0 Å². The Morgan fingerprint density at radius 1 is 1.44 bits per heavy atom. The second-order valence-electron chi connectivity index (χ2n) is 4.37. The minimum atomic E-state index is -0.0216. The van der Waals surface area contributed by atoms with Gasteiger partial charge in [0.1, 0.15) is 0 Å². The SMILES string of the molecule is O=C(c1cccc(Br)c1Cl)N(CCCl)C1CCC1. The molecule has 1 fully saturated rings. The Balaban J connectivity index is 2.24.